The Morgan fingerprint density at radius 1 is 1.57 bits per heavy atom. The van der Waals surface area contributed by atoms with Crippen molar-refractivity contribution in [2.75, 3.05) is 0 Å². The minimum Gasteiger partial charge on any atom is -0.267 e. The van der Waals surface area contributed by atoms with Crippen molar-refractivity contribution in [1.82, 2.24) is 5.01 Å². The van der Waals surface area contributed by atoms with Crippen LogP contribution in [0.25, 0.3) is 6.08 Å². The summed E-state index contributed by atoms with van der Waals surface area (Å²) in [6, 6.07) is 3.87. The van der Waals surface area contributed by atoms with Crippen molar-refractivity contribution in [1.29, 1.82) is 0 Å². The van der Waals surface area contributed by atoms with Gasteiger partial charge >= 0.3 is 0 Å². The molecule has 72 valence electrons. The molecule has 0 unspecified atom stereocenters. The van der Waals surface area contributed by atoms with E-state index in [1.807, 2.05) is 17.5 Å². The number of hydrogen-bond acceptors (Lipinski definition) is 5. The Hall–Kier alpha value is -0.690. The number of amides is 1. The van der Waals surface area contributed by atoms with Crippen LogP contribution in [-0.2, 0) is 4.79 Å². The zero-order valence-corrected chi connectivity index (χ0v) is 9.42. The molecule has 0 aromatic carbocycles. The van der Waals surface area contributed by atoms with Gasteiger partial charge in [0, 0.05) is 4.88 Å². The molecule has 1 amide bonds. The molecule has 1 fully saturated rings. The van der Waals surface area contributed by atoms with E-state index < -0.39 is 0 Å². The number of thiocarbonyl (C=S) groups is 1. The van der Waals surface area contributed by atoms with E-state index in [9.17, 15) is 4.79 Å². The summed E-state index contributed by atoms with van der Waals surface area (Å²) in [6.07, 6.45) is 1.80. The minimum atomic E-state index is -0.228. The van der Waals surface area contributed by atoms with Gasteiger partial charge in [-0.25, -0.2) is 10.9 Å². The Morgan fingerprint density at radius 2 is 2.36 bits per heavy atom. The Balaban J connectivity index is 2.29. The lowest BCUT2D eigenvalue weighted by Crippen LogP contribution is -2.34. The molecule has 1 saturated heterocycles. The lowest BCUT2D eigenvalue weighted by molar-refractivity contribution is -0.122. The second kappa shape index (κ2) is 3.82. The number of nitrogens with zero attached hydrogens (tertiary/aromatic N) is 1. The van der Waals surface area contributed by atoms with Gasteiger partial charge in [0.2, 0.25) is 0 Å². The Labute approximate surface area is 94.5 Å². The van der Waals surface area contributed by atoms with E-state index in [4.69, 9.17) is 18.1 Å². The van der Waals surface area contributed by atoms with Crippen LogP contribution in [0.1, 0.15) is 4.88 Å². The van der Waals surface area contributed by atoms with E-state index in [2.05, 4.69) is 0 Å². The number of hydrogen-bond donors (Lipinski definition) is 1. The summed E-state index contributed by atoms with van der Waals surface area (Å²) in [4.78, 5) is 13.1. The van der Waals surface area contributed by atoms with Crippen molar-refractivity contribution in [3.8, 4) is 0 Å². The van der Waals surface area contributed by atoms with Gasteiger partial charge in [-0.1, -0.05) is 30.0 Å². The van der Waals surface area contributed by atoms with E-state index >= 15 is 0 Å². The zero-order chi connectivity index (χ0) is 10.1. The van der Waals surface area contributed by atoms with Gasteiger partial charge in [-0.15, -0.1) is 11.3 Å². The highest BCUT2D eigenvalue weighted by Gasteiger charge is 2.29. The molecule has 3 nitrogen and oxygen atoms in total. The van der Waals surface area contributed by atoms with Gasteiger partial charge in [0.15, 0.2) is 4.32 Å². The maximum Gasteiger partial charge on any atom is 0.280 e. The first-order valence-corrected chi connectivity index (χ1v) is 5.85. The second-order valence-electron chi connectivity index (χ2n) is 2.57. The van der Waals surface area contributed by atoms with Crippen molar-refractivity contribution in [2.45, 2.75) is 0 Å². The lowest BCUT2D eigenvalue weighted by atomic mass is 10.4. The maximum atomic E-state index is 11.5. The molecule has 2 heterocycles. The smallest absolute Gasteiger partial charge is 0.267 e. The van der Waals surface area contributed by atoms with Gasteiger partial charge in [0.1, 0.15) is 0 Å². The van der Waals surface area contributed by atoms with Crippen LogP contribution < -0.4 is 5.84 Å². The van der Waals surface area contributed by atoms with Crippen molar-refractivity contribution in [2.24, 2.45) is 5.84 Å². The summed E-state index contributed by atoms with van der Waals surface area (Å²) in [5, 5.41) is 2.95. The van der Waals surface area contributed by atoms with Crippen molar-refractivity contribution < 1.29 is 4.79 Å². The van der Waals surface area contributed by atoms with Crippen molar-refractivity contribution in [3.05, 3.63) is 27.3 Å². The normalized spacial score (nSPS) is 19.8. The van der Waals surface area contributed by atoms with Crippen LogP contribution in [0.3, 0.4) is 0 Å². The van der Waals surface area contributed by atoms with Gasteiger partial charge in [-0.3, -0.25) is 4.79 Å². The van der Waals surface area contributed by atoms with Gasteiger partial charge in [-0.05, 0) is 17.5 Å². The Morgan fingerprint density at radius 3 is 2.86 bits per heavy atom. The highest BCUT2D eigenvalue weighted by atomic mass is 32.2. The topological polar surface area (TPSA) is 46.3 Å². The Kier molecular flexibility index (Phi) is 2.69. The predicted molar refractivity (Wildman–Crippen MR) is 63.5 cm³/mol. The van der Waals surface area contributed by atoms with Crippen LogP contribution in [0.2, 0.25) is 0 Å². The lowest BCUT2D eigenvalue weighted by Gasteiger charge is -2.02. The largest absolute Gasteiger partial charge is 0.280 e. The van der Waals surface area contributed by atoms with E-state index in [1.54, 1.807) is 17.4 Å². The standard InChI is InChI=1S/C8H6N2OS3/c9-10-7(11)6(14-8(10)12)4-5-2-1-3-13-5/h1-4H,9H2. The summed E-state index contributed by atoms with van der Waals surface area (Å²) < 4.78 is 0.401. The maximum absolute atomic E-state index is 11.5. The average molecular weight is 242 g/mol. The molecule has 0 saturated carbocycles. The molecule has 0 spiro atoms. The molecule has 6 heteroatoms. The molecular formula is C8H6N2OS3. The molecule has 0 radical (unpaired) electrons. The van der Waals surface area contributed by atoms with Crippen LogP contribution >= 0.6 is 35.3 Å². The molecule has 1 aromatic heterocycles. The molecule has 0 bridgehead atoms. The first-order valence-electron chi connectivity index (χ1n) is 3.74. The number of thioether (sulfide) groups is 1. The molecule has 0 atom stereocenters. The van der Waals surface area contributed by atoms with Crippen LogP contribution in [0.15, 0.2) is 22.4 Å². The monoisotopic (exact) mass is 242 g/mol. The predicted octanol–water partition coefficient (Wildman–Crippen LogP) is 1.82. The third-order valence-corrected chi connectivity index (χ3v) is 3.79. The highest BCUT2D eigenvalue weighted by molar-refractivity contribution is 8.26. The molecule has 2 N–H and O–H groups in total. The summed E-state index contributed by atoms with van der Waals surface area (Å²) >= 11 is 7.70. The molecule has 1 aliphatic rings. The first-order chi connectivity index (χ1) is 6.68. The number of carbonyl (C=O) groups excluding carboxylic acids is 1. The fraction of sp³-hybridized carbons (Fsp3) is 0. The van der Waals surface area contributed by atoms with Gasteiger partial charge in [-0.2, -0.15) is 0 Å². The number of carbonyl (C=O) groups is 1. The summed E-state index contributed by atoms with van der Waals surface area (Å²) in [5.74, 6) is 5.20. The highest BCUT2D eigenvalue weighted by Crippen LogP contribution is 2.31. The van der Waals surface area contributed by atoms with E-state index in [1.165, 1.54) is 11.8 Å². The van der Waals surface area contributed by atoms with Crippen LogP contribution in [0.5, 0.6) is 0 Å². The fourth-order valence-corrected chi connectivity index (χ4v) is 2.81. The fourth-order valence-electron chi connectivity index (χ4n) is 0.982. The van der Waals surface area contributed by atoms with E-state index in [0.717, 1.165) is 9.89 Å². The number of nitrogens with two attached hydrogens (primary N) is 1. The SMILES string of the molecule is NN1C(=O)C(=Cc2cccs2)SC1=S. The second-order valence-corrected chi connectivity index (χ2v) is 5.22. The van der Waals surface area contributed by atoms with Crippen LogP contribution in [0, 0.1) is 0 Å². The molecule has 0 aliphatic carbocycles. The van der Waals surface area contributed by atoms with Gasteiger partial charge in [0.25, 0.3) is 5.91 Å². The van der Waals surface area contributed by atoms with Gasteiger partial charge in [0.05, 0.1) is 4.91 Å². The average Bonchev–Trinajstić information content (AvgIpc) is 2.73. The summed E-state index contributed by atoms with van der Waals surface area (Å²) in [5.41, 5.74) is 0. The Bertz CT molecular complexity index is 410. The third kappa shape index (κ3) is 1.74. The zero-order valence-electron chi connectivity index (χ0n) is 6.97. The number of rotatable bonds is 1. The first kappa shape index (κ1) is 9.85. The third-order valence-electron chi connectivity index (χ3n) is 1.64. The van der Waals surface area contributed by atoms with Gasteiger partial charge < -0.3 is 0 Å². The van der Waals surface area contributed by atoms with Crippen molar-refractivity contribution in [3.63, 3.8) is 0 Å². The van der Waals surface area contributed by atoms with Crippen LogP contribution in [0.4, 0.5) is 0 Å². The quantitative estimate of drug-likeness (QED) is 0.353. The van der Waals surface area contributed by atoms with E-state index in [-0.39, 0.29) is 5.91 Å². The number of thiophene rings is 1. The molecule has 14 heavy (non-hydrogen) atoms. The molecule has 1 aromatic rings. The number of hydrazine groups is 1. The molecule has 2 rings (SSSR count). The van der Waals surface area contributed by atoms with Crippen molar-refractivity contribution >= 4 is 51.6 Å². The van der Waals surface area contributed by atoms with Crippen LogP contribution in [-0.4, -0.2) is 15.2 Å². The van der Waals surface area contributed by atoms with E-state index in [0.29, 0.717) is 9.23 Å². The molecular weight excluding hydrogens is 236 g/mol. The minimum absolute atomic E-state index is 0.228. The molecule has 1 aliphatic heterocycles. The summed E-state index contributed by atoms with van der Waals surface area (Å²) in [7, 11) is 0. The summed E-state index contributed by atoms with van der Waals surface area (Å²) in [6.45, 7) is 0.